The number of nitriles is 1. The van der Waals surface area contributed by atoms with E-state index in [1.54, 1.807) is 11.3 Å². The van der Waals surface area contributed by atoms with E-state index in [0.717, 1.165) is 32.9 Å². The van der Waals surface area contributed by atoms with E-state index < -0.39 is 0 Å². The Balaban J connectivity index is 1.98. The second-order valence-corrected chi connectivity index (χ2v) is 7.67. The largest absolute Gasteiger partial charge is 0.240 e. The molecule has 1 heterocycles. The number of nitrogens with zero attached hydrogens (tertiary/aromatic N) is 2. The van der Waals surface area contributed by atoms with Crippen LogP contribution in [0.25, 0.3) is 11.6 Å². The molecule has 0 fully saturated rings. The van der Waals surface area contributed by atoms with Crippen LogP contribution < -0.4 is 0 Å². The summed E-state index contributed by atoms with van der Waals surface area (Å²) in [5.41, 5.74) is 2.96. The molecule has 21 heavy (non-hydrogen) atoms. The lowest BCUT2D eigenvalue weighted by Gasteiger charge is -2.15. The molecule has 1 unspecified atom stereocenters. The Labute approximate surface area is 142 Å². The van der Waals surface area contributed by atoms with Gasteiger partial charge in [0.15, 0.2) is 0 Å². The summed E-state index contributed by atoms with van der Waals surface area (Å²) >= 11 is 3.99. The van der Waals surface area contributed by atoms with Crippen LogP contribution in [0, 0.1) is 20.8 Å². The van der Waals surface area contributed by atoms with Gasteiger partial charge in [0.25, 0.3) is 0 Å². The highest BCUT2D eigenvalue weighted by Crippen LogP contribution is 2.33. The number of fused-ring (bicyclic) bond motifs is 1. The van der Waals surface area contributed by atoms with Crippen LogP contribution in [0.5, 0.6) is 0 Å². The van der Waals surface area contributed by atoms with Crippen LogP contribution in [-0.4, -0.2) is 4.98 Å². The van der Waals surface area contributed by atoms with Gasteiger partial charge in [0.1, 0.15) is 11.1 Å². The average molecular weight is 406 g/mol. The minimum absolute atomic E-state index is 0.672. The molecule has 1 atom stereocenters. The van der Waals surface area contributed by atoms with Gasteiger partial charge in [-0.05, 0) is 65.5 Å². The summed E-state index contributed by atoms with van der Waals surface area (Å²) in [6.07, 6.45) is 5.32. The van der Waals surface area contributed by atoms with Crippen molar-refractivity contribution in [2.45, 2.75) is 26.2 Å². The van der Waals surface area contributed by atoms with Gasteiger partial charge in [-0.3, -0.25) is 0 Å². The first-order chi connectivity index (χ1) is 10.2. The van der Waals surface area contributed by atoms with Crippen molar-refractivity contribution >= 4 is 45.6 Å². The first-order valence-corrected chi connectivity index (χ1v) is 8.92. The fourth-order valence-electron chi connectivity index (χ4n) is 2.54. The summed E-state index contributed by atoms with van der Waals surface area (Å²) in [4.78, 5) is 6.08. The highest BCUT2D eigenvalue weighted by Gasteiger charge is 2.21. The molecule has 0 saturated heterocycles. The van der Waals surface area contributed by atoms with Crippen LogP contribution in [0.4, 0.5) is 0 Å². The first-order valence-electron chi connectivity index (χ1n) is 7.02. The molecule has 3 rings (SSSR count). The number of thiazole rings is 1. The zero-order chi connectivity index (χ0) is 14.8. The number of hydrogen-bond acceptors (Lipinski definition) is 3. The standard InChI is InChI=1S/C17H15IN2S/c1-11-6-7-15-16(8-11)21-17(20-15)13(10-19)9-12-4-2-3-5-14(12)18/h2-5,9,11H,6-8H2,1H3/b13-9+. The van der Waals surface area contributed by atoms with E-state index in [1.165, 1.54) is 17.0 Å². The summed E-state index contributed by atoms with van der Waals surface area (Å²) in [6.45, 7) is 2.29. The molecule has 0 aliphatic heterocycles. The zero-order valence-electron chi connectivity index (χ0n) is 11.8. The lowest BCUT2D eigenvalue weighted by molar-refractivity contribution is 0.502. The zero-order valence-corrected chi connectivity index (χ0v) is 14.7. The third-order valence-corrected chi connectivity index (χ3v) is 5.88. The number of aromatic nitrogens is 1. The molecule has 0 spiro atoms. The van der Waals surface area contributed by atoms with Crippen LogP contribution in [0.15, 0.2) is 24.3 Å². The third kappa shape index (κ3) is 3.19. The van der Waals surface area contributed by atoms with Crippen molar-refractivity contribution < 1.29 is 0 Å². The van der Waals surface area contributed by atoms with E-state index >= 15 is 0 Å². The molecule has 2 aromatic rings. The van der Waals surface area contributed by atoms with Gasteiger partial charge in [0, 0.05) is 8.45 Å². The minimum atomic E-state index is 0.672. The number of benzene rings is 1. The average Bonchev–Trinajstić information content (AvgIpc) is 2.89. The van der Waals surface area contributed by atoms with E-state index in [9.17, 15) is 5.26 Å². The highest BCUT2D eigenvalue weighted by atomic mass is 127. The molecular weight excluding hydrogens is 391 g/mol. The summed E-state index contributed by atoms with van der Waals surface area (Å²) in [7, 11) is 0. The number of aryl methyl sites for hydroxylation is 1. The maximum atomic E-state index is 9.49. The van der Waals surface area contributed by atoms with Gasteiger partial charge in [0.2, 0.25) is 0 Å². The minimum Gasteiger partial charge on any atom is -0.240 e. The van der Waals surface area contributed by atoms with Crippen molar-refractivity contribution in [2.75, 3.05) is 0 Å². The molecule has 0 N–H and O–H groups in total. The molecule has 1 aromatic carbocycles. The van der Waals surface area contributed by atoms with E-state index in [0.29, 0.717) is 5.57 Å². The summed E-state index contributed by atoms with van der Waals surface area (Å²) in [5.74, 6) is 0.732. The fourth-order valence-corrected chi connectivity index (χ4v) is 4.32. The van der Waals surface area contributed by atoms with Crippen molar-refractivity contribution in [1.29, 1.82) is 5.26 Å². The highest BCUT2D eigenvalue weighted by molar-refractivity contribution is 14.1. The Morgan fingerprint density at radius 2 is 2.29 bits per heavy atom. The Kier molecular flexibility index (Phi) is 4.41. The van der Waals surface area contributed by atoms with Gasteiger partial charge < -0.3 is 0 Å². The maximum absolute atomic E-state index is 9.49. The van der Waals surface area contributed by atoms with Crippen molar-refractivity contribution in [3.05, 3.63) is 49.0 Å². The van der Waals surface area contributed by atoms with Crippen molar-refractivity contribution in [1.82, 2.24) is 4.98 Å². The monoisotopic (exact) mass is 406 g/mol. The van der Waals surface area contributed by atoms with Gasteiger partial charge in [-0.25, -0.2) is 4.98 Å². The van der Waals surface area contributed by atoms with Crippen molar-refractivity contribution in [3.8, 4) is 6.07 Å². The van der Waals surface area contributed by atoms with Gasteiger partial charge >= 0.3 is 0 Å². The van der Waals surface area contributed by atoms with Gasteiger partial charge in [-0.2, -0.15) is 5.26 Å². The first kappa shape index (κ1) is 14.7. The van der Waals surface area contributed by atoms with Crippen LogP contribution in [0.2, 0.25) is 0 Å². The number of allylic oxidation sites excluding steroid dienone is 1. The third-order valence-electron chi connectivity index (χ3n) is 3.74. The number of hydrogen-bond donors (Lipinski definition) is 0. The lowest BCUT2D eigenvalue weighted by Crippen LogP contribution is -2.09. The normalized spacial score (nSPS) is 18.1. The van der Waals surface area contributed by atoms with E-state index in [-0.39, 0.29) is 0 Å². The Morgan fingerprint density at radius 1 is 1.48 bits per heavy atom. The topological polar surface area (TPSA) is 36.7 Å². The fraction of sp³-hybridized carbons (Fsp3) is 0.294. The lowest BCUT2D eigenvalue weighted by atomic mass is 9.93. The molecule has 1 aromatic heterocycles. The predicted molar refractivity (Wildman–Crippen MR) is 95.9 cm³/mol. The van der Waals surface area contributed by atoms with E-state index in [2.05, 4.69) is 41.7 Å². The SMILES string of the molecule is CC1CCc2nc(/C(C#N)=C/c3ccccc3I)sc2C1. The molecular formula is C17H15IN2S. The maximum Gasteiger partial charge on any atom is 0.134 e. The summed E-state index contributed by atoms with van der Waals surface area (Å²) in [5, 5.41) is 10.4. The predicted octanol–water partition coefficient (Wildman–Crippen LogP) is 4.94. The quantitative estimate of drug-likeness (QED) is 0.524. The second-order valence-electron chi connectivity index (χ2n) is 5.43. The molecule has 0 amide bonds. The molecule has 106 valence electrons. The van der Waals surface area contributed by atoms with Gasteiger partial charge in [-0.1, -0.05) is 25.1 Å². The molecule has 0 radical (unpaired) electrons. The molecule has 0 saturated carbocycles. The Bertz CT molecular complexity index is 739. The van der Waals surface area contributed by atoms with Crippen LogP contribution in [0.1, 0.15) is 34.5 Å². The molecule has 1 aliphatic carbocycles. The summed E-state index contributed by atoms with van der Waals surface area (Å²) < 4.78 is 1.15. The number of halogens is 1. The van der Waals surface area contributed by atoms with Gasteiger partial charge in [0.05, 0.1) is 11.3 Å². The molecule has 0 bridgehead atoms. The molecule has 4 heteroatoms. The van der Waals surface area contributed by atoms with Crippen molar-refractivity contribution in [2.24, 2.45) is 5.92 Å². The van der Waals surface area contributed by atoms with E-state index in [1.807, 2.05) is 24.3 Å². The molecule has 1 aliphatic rings. The smallest absolute Gasteiger partial charge is 0.134 e. The van der Waals surface area contributed by atoms with E-state index in [4.69, 9.17) is 4.98 Å². The Hall–Kier alpha value is -1.19. The van der Waals surface area contributed by atoms with Crippen LogP contribution in [-0.2, 0) is 12.8 Å². The van der Waals surface area contributed by atoms with Gasteiger partial charge in [-0.15, -0.1) is 11.3 Å². The Morgan fingerprint density at radius 3 is 3.05 bits per heavy atom. The number of rotatable bonds is 2. The summed E-state index contributed by atoms with van der Waals surface area (Å²) in [6, 6.07) is 10.4. The van der Waals surface area contributed by atoms with Crippen LogP contribution >= 0.6 is 33.9 Å². The molecule has 2 nitrogen and oxygen atoms in total. The second kappa shape index (κ2) is 6.29. The van der Waals surface area contributed by atoms with Crippen molar-refractivity contribution in [3.63, 3.8) is 0 Å². The van der Waals surface area contributed by atoms with Crippen LogP contribution in [0.3, 0.4) is 0 Å².